The maximum Gasteiger partial charge on any atom is 0.257 e. The third kappa shape index (κ3) is 2.47. The van der Waals surface area contributed by atoms with Gasteiger partial charge in [-0.25, -0.2) is 0 Å². The lowest BCUT2D eigenvalue weighted by atomic mass is 10.0. The maximum absolute atomic E-state index is 12.4. The van der Waals surface area contributed by atoms with E-state index >= 15 is 0 Å². The van der Waals surface area contributed by atoms with Crippen molar-refractivity contribution in [2.75, 3.05) is 5.32 Å². The van der Waals surface area contributed by atoms with Gasteiger partial charge in [-0.05, 0) is 25.1 Å². The molecule has 3 rings (SSSR count). The normalized spacial score (nSPS) is 20.0. The fourth-order valence-electron chi connectivity index (χ4n) is 2.36. The van der Waals surface area contributed by atoms with Crippen LogP contribution in [0.4, 0.5) is 5.69 Å². The van der Waals surface area contributed by atoms with E-state index in [0.29, 0.717) is 16.2 Å². The van der Waals surface area contributed by atoms with Crippen molar-refractivity contribution in [3.63, 3.8) is 0 Å². The summed E-state index contributed by atoms with van der Waals surface area (Å²) in [5.41, 5.74) is 9.23. The Kier molecular flexibility index (Phi) is 3.65. The molecule has 2 aliphatic rings. The molecule has 0 spiro atoms. The van der Waals surface area contributed by atoms with E-state index in [4.69, 9.17) is 11.0 Å². The smallest absolute Gasteiger partial charge is 0.257 e. The zero-order valence-corrected chi connectivity index (χ0v) is 12.7. The van der Waals surface area contributed by atoms with Crippen LogP contribution in [0.2, 0.25) is 0 Å². The summed E-state index contributed by atoms with van der Waals surface area (Å²) in [6, 6.07) is 11.3. The highest BCUT2D eigenvalue weighted by Gasteiger charge is 2.33. The summed E-state index contributed by atoms with van der Waals surface area (Å²) in [4.78, 5) is 12.9. The van der Waals surface area contributed by atoms with Gasteiger partial charge in [0.15, 0.2) is 0 Å². The zero-order chi connectivity index (χ0) is 15.7. The van der Waals surface area contributed by atoms with Crippen LogP contribution in [0.3, 0.4) is 0 Å². The fourth-order valence-corrected chi connectivity index (χ4v) is 3.45. The summed E-state index contributed by atoms with van der Waals surface area (Å²) in [5, 5.41) is 15.1. The van der Waals surface area contributed by atoms with Gasteiger partial charge < -0.3 is 16.4 Å². The lowest BCUT2D eigenvalue weighted by Crippen LogP contribution is -2.32. The summed E-state index contributed by atoms with van der Waals surface area (Å²) >= 11 is 1.37. The molecule has 110 valence electrons. The van der Waals surface area contributed by atoms with E-state index in [1.165, 1.54) is 11.8 Å². The monoisotopic (exact) mass is 310 g/mol. The molecule has 0 bridgehead atoms. The number of dihydropyridines is 1. The van der Waals surface area contributed by atoms with Crippen molar-refractivity contribution >= 4 is 23.4 Å². The molecule has 0 aromatic heterocycles. The second kappa shape index (κ2) is 5.62. The SMILES string of the molecule is CC1=C(C(=O)Nc2ccccc2)C=C2C(N)=C(C#N)SC2N1. The van der Waals surface area contributed by atoms with Crippen molar-refractivity contribution in [3.05, 3.63) is 63.9 Å². The summed E-state index contributed by atoms with van der Waals surface area (Å²) in [5.74, 6) is -0.203. The zero-order valence-electron chi connectivity index (χ0n) is 11.9. The number of hydrogen-bond donors (Lipinski definition) is 3. The molecule has 0 fully saturated rings. The van der Waals surface area contributed by atoms with E-state index in [2.05, 4.69) is 16.7 Å². The number of hydrogen-bond acceptors (Lipinski definition) is 5. The Bertz CT molecular complexity index is 771. The van der Waals surface area contributed by atoms with Crippen molar-refractivity contribution in [1.82, 2.24) is 5.32 Å². The van der Waals surface area contributed by atoms with Crippen molar-refractivity contribution in [1.29, 1.82) is 5.26 Å². The topological polar surface area (TPSA) is 90.9 Å². The van der Waals surface area contributed by atoms with Crippen molar-refractivity contribution in [2.45, 2.75) is 12.3 Å². The van der Waals surface area contributed by atoms with Gasteiger partial charge in [0.1, 0.15) is 16.3 Å². The summed E-state index contributed by atoms with van der Waals surface area (Å²) < 4.78 is 0. The Hall–Kier alpha value is -2.65. The number of fused-ring (bicyclic) bond motifs is 1. The average molecular weight is 310 g/mol. The number of benzene rings is 1. The van der Waals surface area contributed by atoms with Crippen LogP contribution < -0.4 is 16.4 Å². The number of allylic oxidation sites excluding steroid dienone is 2. The minimum atomic E-state index is -0.203. The number of rotatable bonds is 2. The Labute approximate surface area is 132 Å². The van der Waals surface area contributed by atoms with Crippen LogP contribution in [-0.4, -0.2) is 11.3 Å². The minimum Gasteiger partial charge on any atom is -0.397 e. The van der Waals surface area contributed by atoms with Crippen LogP contribution in [0.5, 0.6) is 0 Å². The van der Waals surface area contributed by atoms with Crippen LogP contribution in [0.1, 0.15) is 6.92 Å². The second-order valence-electron chi connectivity index (χ2n) is 4.96. The molecule has 0 saturated heterocycles. The summed E-state index contributed by atoms with van der Waals surface area (Å²) in [7, 11) is 0. The number of nitrogens with zero attached hydrogens (tertiary/aromatic N) is 1. The molecule has 4 N–H and O–H groups in total. The van der Waals surface area contributed by atoms with Crippen LogP contribution in [0.15, 0.2) is 63.9 Å². The molecule has 1 aromatic carbocycles. The molecule has 2 heterocycles. The molecule has 22 heavy (non-hydrogen) atoms. The number of nitrogens with one attached hydrogen (secondary N) is 2. The first-order valence-electron chi connectivity index (χ1n) is 6.72. The minimum absolute atomic E-state index is 0.0945. The number of carbonyl (C=O) groups is 1. The van der Waals surface area contributed by atoms with Gasteiger partial charge >= 0.3 is 0 Å². The van der Waals surface area contributed by atoms with Crippen LogP contribution in [-0.2, 0) is 4.79 Å². The third-order valence-electron chi connectivity index (χ3n) is 3.50. The average Bonchev–Trinajstić information content (AvgIpc) is 2.83. The van der Waals surface area contributed by atoms with Crippen molar-refractivity contribution < 1.29 is 4.79 Å². The number of amides is 1. The summed E-state index contributed by atoms with van der Waals surface area (Å²) in [6.07, 6.45) is 1.77. The van der Waals surface area contributed by atoms with Gasteiger partial charge in [-0.15, -0.1) is 0 Å². The number of nitriles is 1. The quantitative estimate of drug-likeness (QED) is 0.779. The number of carbonyl (C=O) groups excluding carboxylic acids is 1. The third-order valence-corrected chi connectivity index (χ3v) is 4.66. The molecule has 1 amide bonds. The lowest BCUT2D eigenvalue weighted by molar-refractivity contribution is -0.112. The molecule has 1 atom stereocenters. The largest absolute Gasteiger partial charge is 0.397 e. The Morgan fingerprint density at radius 3 is 2.82 bits per heavy atom. The standard InChI is InChI=1S/C16H14N4OS/c1-9-11(15(21)20-10-5-3-2-4-6-10)7-12-14(18)13(8-17)22-16(12)19-9/h2-7,16,19H,18H2,1H3,(H,20,21). The Morgan fingerprint density at radius 1 is 1.41 bits per heavy atom. The van der Waals surface area contributed by atoms with E-state index in [1.807, 2.05) is 37.3 Å². The number of para-hydroxylation sites is 1. The number of thioether (sulfide) groups is 1. The van der Waals surface area contributed by atoms with Gasteiger partial charge in [0, 0.05) is 17.0 Å². The van der Waals surface area contributed by atoms with Gasteiger partial charge in [-0.3, -0.25) is 4.79 Å². The van der Waals surface area contributed by atoms with E-state index in [1.54, 1.807) is 6.08 Å². The predicted octanol–water partition coefficient (Wildman–Crippen LogP) is 2.20. The molecule has 5 nitrogen and oxygen atoms in total. The van der Waals surface area contributed by atoms with Gasteiger partial charge in [-0.1, -0.05) is 30.0 Å². The molecular weight excluding hydrogens is 296 g/mol. The molecule has 0 saturated carbocycles. The first kappa shape index (κ1) is 14.3. The summed E-state index contributed by atoms with van der Waals surface area (Å²) in [6.45, 7) is 1.84. The van der Waals surface area contributed by atoms with Crippen molar-refractivity contribution in [3.8, 4) is 6.07 Å². The van der Waals surface area contributed by atoms with Gasteiger partial charge in [0.25, 0.3) is 5.91 Å². The first-order chi connectivity index (χ1) is 10.6. The number of anilines is 1. The molecule has 1 unspecified atom stereocenters. The van der Waals surface area contributed by atoms with Crippen LogP contribution in [0.25, 0.3) is 0 Å². The highest BCUT2D eigenvalue weighted by molar-refractivity contribution is 8.04. The Balaban J connectivity index is 1.88. The highest BCUT2D eigenvalue weighted by Crippen LogP contribution is 2.40. The first-order valence-corrected chi connectivity index (χ1v) is 7.60. The maximum atomic E-state index is 12.4. The fraction of sp³-hybridized carbons (Fsp3) is 0.125. The Morgan fingerprint density at radius 2 is 2.14 bits per heavy atom. The molecule has 6 heteroatoms. The molecule has 2 aliphatic heterocycles. The van der Waals surface area contributed by atoms with E-state index in [9.17, 15) is 4.79 Å². The van der Waals surface area contributed by atoms with Crippen LogP contribution >= 0.6 is 11.8 Å². The lowest BCUT2D eigenvalue weighted by Gasteiger charge is -2.23. The molecule has 1 aromatic rings. The van der Waals surface area contributed by atoms with E-state index < -0.39 is 0 Å². The number of nitrogens with two attached hydrogens (primary N) is 1. The highest BCUT2D eigenvalue weighted by atomic mass is 32.2. The second-order valence-corrected chi connectivity index (χ2v) is 6.07. The van der Waals surface area contributed by atoms with E-state index in [0.717, 1.165) is 17.0 Å². The van der Waals surface area contributed by atoms with E-state index in [-0.39, 0.29) is 11.3 Å². The van der Waals surface area contributed by atoms with Crippen LogP contribution in [0, 0.1) is 11.3 Å². The molecule has 0 radical (unpaired) electrons. The van der Waals surface area contributed by atoms with Gasteiger partial charge in [0.05, 0.1) is 11.3 Å². The molecular formula is C16H14N4OS. The van der Waals surface area contributed by atoms with Gasteiger partial charge in [-0.2, -0.15) is 5.26 Å². The molecule has 0 aliphatic carbocycles. The van der Waals surface area contributed by atoms with Crippen molar-refractivity contribution in [2.24, 2.45) is 5.73 Å². The predicted molar refractivity (Wildman–Crippen MR) is 87.2 cm³/mol. The van der Waals surface area contributed by atoms with Gasteiger partial charge in [0.2, 0.25) is 0 Å².